The zero-order valence-corrected chi connectivity index (χ0v) is 12.1. The molecule has 0 spiro atoms. The van der Waals surface area contributed by atoms with Crippen LogP contribution < -0.4 is 5.32 Å². The Morgan fingerprint density at radius 3 is 2.90 bits per heavy atom. The standard InChI is InChI=1S/C15H13N3O2S/c1-9(19)12-8-21-15(17-12)18-14(20)11-6-2-4-10-5-3-7-16-13(10)11/h2-9,19H,1H3,(H,17,18,20). The molecule has 106 valence electrons. The molecule has 1 amide bonds. The first kappa shape index (κ1) is 13.7. The maximum Gasteiger partial charge on any atom is 0.259 e. The zero-order valence-electron chi connectivity index (χ0n) is 11.3. The molecule has 3 rings (SSSR count). The third-order valence-corrected chi connectivity index (χ3v) is 3.82. The highest BCUT2D eigenvalue weighted by molar-refractivity contribution is 7.14. The van der Waals surface area contributed by atoms with Gasteiger partial charge in [-0.05, 0) is 19.1 Å². The number of amides is 1. The molecule has 3 aromatic rings. The van der Waals surface area contributed by atoms with E-state index in [1.807, 2.05) is 24.3 Å². The summed E-state index contributed by atoms with van der Waals surface area (Å²) in [6.07, 6.45) is 1.01. The summed E-state index contributed by atoms with van der Waals surface area (Å²) in [4.78, 5) is 20.8. The van der Waals surface area contributed by atoms with Gasteiger partial charge in [0.15, 0.2) is 5.13 Å². The van der Waals surface area contributed by atoms with Crippen molar-refractivity contribution in [3.63, 3.8) is 0 Å². The highest BCUT2D eigenvalue weighted by Gasteiger charge is 2.13. The fourth-order valence-corrected chi connectivity index (χ4v) is 2.78. The van der Waals surface area contributed by atoms with Crippen LogP contribution in [0.5, 0.6) is 0 Å². The number of nitrogens with zero attached hydrogens (tertiary/aromatic N) is 2. The van der Waals surface area contributed by atoms with Crippen LogP contribution in [-0.4, -0.2) is 21.0 Å². The Balaban J connectivity index is 1.90. The molecule has 0 aliphatic rings. The molecule has 0 radical (unpaired) electrons. The number of fused-ring (bicyclic) bond motifs is 1. The van der Waals surface area contributed by atoms with E-state index in [0.29, 0.717) is 21.9 Å². The Morgan fingerprint density at radius 2 is 2.14 bits per heavy atom. The smallest absolute Gasteiger partial charge is 0.259 e. The van der Waals surface area contributed by atoms with Crippen molar-refractivity contribution >= 4 is 33.3 Å². The second-order valence-corrected chi connectivity index (χ2v) is 5.45. The molecule has 0 saturated carbocycles. The van der Waals surface area contributed by atoms with Crippen LogP contribution >= 0.6 is 11.3 Å². The number of benzene rings is 1. The van der Waals surface area contributed by atoms with Gasteiger partial charge in [-0.25, -0.2) is 4.98 Å². The molecule has 1 aromatic carbocycles. The number of thiazole rings is 1. The van der Waals surface area contributed by atoms with Gasteiger partial charge in [-0.15, -0.1) is 11.3 Å². The van der Waals surface area contributed by atoms with Gasteiger partial charge in [-0.3, -0.25) is 15.1 Å². The van der Waals surface area contributed by atoms with Crippen LogP contribution in [0.15, 0.2) is 41.9 Å². The van der Waals surface area contributed by atoms with E-state index in [-0.39, 0.29) is 5.91 Å². The number of rotatable bonds is 3. The molecule has 0 saturated heterocycles. The predicted octanol–water partition coefficient (Wildman–Crippen LogP) is 3.00. The van der Waals surface area contributed by atoms with E-state index < -0.39 is 6.10 Å². The van der Waals surface area contributed by atoms with Gasteiger partial charge in [0.1, 0.15) is 0 Å². The van der Waals surface area contributed by atoms with Crippen LogP contribution in [0.2, 0.25) is 0 Å². The number of aliphatic hydroxyl groups is 1. The van der Waals surface area contributed by atoms with Crippen molar-refractivity contribution in [3.05, 3.63) is 53.2 Å². The van der Waals surface area contributed by atoms with E-state index in [9.17, 15) is 9.90 Å². The predicted molar refractivity (Wildman–Crippen MR) is 82.4 cm³/mol. The van der Waals surface area contributed by atoms with Gasteiger partial charge in [-0.1, -0.05) is 18.2 Å². The molecule has 1 unspecified atom stereocenters. The summed E-state index contributed by atoms with van der Waals surface area (Å²) < 4.78 is 0. The zero-order chi connectivity index (χ0) is 14.8. The first-order valence-electron chi connectivity index (χ1n) is 6.44. The van der Waals surface area contributed by atoms with Crippen molar-refractivity contribution in [2.75, 3.05) is 5.32 Å². The second-order valence-electron chi connectivity index (χ2n) is 4.59. The maximum atomic E-state index is 12.4. The summed E-state index contributed by atoms with van der Waals surface area (Å²) >= 11 is 1.28. The minimum absolute atomic E-state index is 0.259. The second kappa shape index (κ2) is 5.59. The molecular formula is C15H13N3O2S. The molecule has 5 nitrogen and oxygen atoms in total. The largest absolute Gasteiger partial charge is 0.387 e. The molecule has 2 heterocycles. The van der Waals surface area contributed by atoms with Crippen molar-refractivity contribution < 1.29 is 9.90 Å². The Hall–Kier alpha value is -2.31. The lowest BCUT2D eigenvalue weighted by atomic mass is 10.1. The number of aromatic nitrogens is 2. The third-order valence-electron chi connectivity index (χ3n) is 3.05. The normalized spacial score (nSPS) is 12.3. The van der Waals surface area contributed by atoms with E-state index in [2.05, 4.69) is 15.3 Å². The van der Waals surface area contributed by atoms with E-state index in [4.69, 9.17) is 0 Å². The molecule has 2 aromatic heterocycles. The van der Waals surface area contributed by atoms with E-state index in [1.165, 1.54) is 11.3 Å². The maximum absolute atomic E-state index is 12.4. The summed E-state index contributed by atoms with van der Waals surface area (Å²) in [5.41, 5.74) is 1.71. The van der Waals surface area contributed by atoms with Crippen molar-refractivity contribution in [1.82, 2.24) is 9.97 Å². The van der Waals surface area contributed by atoms with Crippen LogP contribution in [-0.2, 0) is 0 Å². The molecule has 0 fully saturated rings. The van der Waals surface area contributed by atoms with Crippen molar-refractivity contribution in [2.45, 2.75) is 13.0 Å². The lowest BCUT2D eigenvalue weighted by molar-refractivity contribution is 0.102. The molecule has 21 heavy (non-hydrogen) atoms. The SMILES string of the molecule is CC(O)c1csc(NC(=O)c2cccc3cccnc23)n1. The Morgan fingerprint density at radius 1 is 1.33 bits per heavy atom. The van der Waals surface area contributed by atoms with Crippen molar-refractivity contribution in [2.24, 2.45) is 0 Å². The van der Waals surface area contributed by atoms with Gasteiger partial charge in [0.05, 0.1) is 22.9 Å². The number of hydrogen-bond acceptors (Lipinski definition) is 5. The van der Waals surface area contributed by atoms with Crippen molar-refractivity contribution in [1.29, 1.82) is 0 Å². The van der Waals surface area contributed by atoms with E-state index in [0.717, 1.165) is 5.39 Å². The summed E-state index contributed by atoms with van der Waals surface area (Å²) in [5.74, 6) is -0.259. The molecule has 0 bridgehead atoms. The number of carbonyl (C=O) groups excluding carboxylic acids is 1. The monoisotopic (exact) mass is 299 g/mol. The van der Waals surface area contributed by atoms with Gasteiger partial charge < -0.3 is 5.11 Å². The highest BCUT2D eigenvalue weighted by Crippen LogP contribution is 2.22. The number of anilines is 1. The fraction of sp³-hybridized carbons (Fsp3) is 0.133. The average Bonchev–Trinajstić information content (AvgIpc) is 2.95. The summed E-state index contributed by atoms with van der Waals surface area (Å²) in [6, 6.07) is 9.21. The molecule has 6 heteroatoms. The summed E-state index contributed by atoms with van der Waals surface area (Å²) in [7, 11) is 0. The first-order chi connectivity index (χ1) is 10.1. The van der Waals surface area contributed by atoms with Crippen LogP contribution in [0.3, 0.4) is 0 Å². The molecule has 0 aliphatic carbocycles. The minimum atomic E-state index is -0.647. The van der Waals surface area contributed by atoms with Crippen LogP contribution in [0.1, 0.15) is 29.1 Å². The van der Waals surface area contributed by atoms with Crippen molar-refractivity contribution in [3.8, 4) is 0 Å². The van der Waals surface area contributed by atoms with Gasteiger partial charge in [0, 0.05) is 17.0 Å². The summed E-state index contributed by atoms with van der Waals surface area (Å²) in [5, 5.41) is 15.3. The number of hydrogen-bond donors (Lipinski definition) is 2. The summed E-state index contributed by atoms with van der Waals surface area (Å²) in [6.45, 7) is 1.63. The number of para-hydroxylation sites is 1. The molecule has 1 atom stereocenters. The molecule has 0 aliphatic heterocycles. The number of nitrogens with one attached hydrogen (secondary N) is 1. The van der Waals surface area contributed by atoms with E-state index in [1.54, 1.807) is 24.6 Å². The topological polar surface area (TPSA) is 75.1 Å². The Kier molecular flexibility index (Phi) is 3.64. The van der Waals surface area contributed by atoms with Crippen LogP contribution in [0, 0.1) is 0 Å². The fourth-order valence-electron chi connectivity index (χ4n) is 1.99. The average molecular weight is 299 g/mol. The lowest BCUT2D eigenvalue weighted by Gasteiger charge is -2.05. The first-order valence-corrected chi connectivity index (χ1v) is 7.31. The van der Waals surface area contributed by atoms with E-state index >= 15 is 0 Å². The lowest BCUT2D eigenvalue weighted by Crippen LogP contribution is -2.12. The van der Waals surface area contributed by atoms with Gasteiger partial charge in [-0.2, -0.15) is 0 Å². The molecular weight excluding hydrogens is 286 g/mol. The van der Waals surface area contributed by atoms with Gasteiger partial charge in [0.25, 0.3) is 5.91 Å². The quantitative estimate of drug-likeness (QED) is 0.779. The number of carbonyl (C=O) groups is 1. The number of pyridine rings is 1. The van der Waals surface area contributed by atoms with Gasteiger partial charge in [0.2, 0.25) is 0 Å². The van der Waals surface area contributed by atoms with Gasteiger partial charge >= 0.3 is 0 Å². The Bertz CT molecular complexity index is 793. The molecule has 2 N–H and O–H groups in total. The minimum Gasteiger partial charge on any atom is -0.387 e. The third kappa shape index (κ3) is 2.76. The Labute approximate surface area is 125 Å². The van der Waals surface area contributed by atoms with Crippen LogP contribution in [0.4, 0.5) is 5.13 Å². The van der Waals surface area contributed by atoms with Crippen LogP contribution in [0.25, 0.3) is 10.9 Å². The highest BCUT2D eigenvalue weighted by atomic mass is 32.1. The number of aliphatic hydroxyl groups excluding tert-OH is 1.